The van der Waals surface area contributed by atoms with Crippen LogP contribution in [-0.4, -0.2) is 46.0 Å². The number of hydrogen-bond acceptors (Lipinski definition) is 5. The number of carbonyl (C=O) groups is 1. The summed E-state index contributed by atoms with van der Waals surface area (Å²) in [6.07, 6.45) is -3.48. The Morgan fingerprint density at radius 3 is 2.25 bits per heavy atom. The maximum atomic E-state index is 14.6. The average Bonchev–Trinajstić information content (AvgIpc) is 2.58. The van der Waals surface area contributed by atoms with Crippen LogP contribution in [0.5, 0.6) is 0 Å². The topological polar surface area (TPSA) is 98.4 Å². The predicted molar refractivity (Wildman–Crippen MR) is 109 cm³/mol. The molecule has 0 spiro atoms. The van der Waals surface area contributed by atoms with E-state index in [0.717, 1.165) is 6.08 Å². The van der Waals surface area contributed by atoms with Crippen molar-refractivity contribution in [3.05, 3.63) is 66.1 Å². The second kappa shape index (κ2) is 8.86. The van der Waals surface area contributed by atoms with Gasteiger partial charge in [-0.2, -0.15) is 17.6 Å². The lowest BCUT2D eigenvalue weighted by atomic mass is 10.2. The fourth-order valence-electron chi connectivity index (χ4n) is 2.69. The Balaban J connectivity index is 2.92. The van der Waals surface area contributed by atoms with Crippen LogP contribution in [0.25, 0.3) is 5.69 Å². The van der Waals surface area contributed by atoms with Gasteiger partial charge in [0.1, 0.15) is 11.5 Å². The zero-order valence-corrected chi connectivity index (χ0v) is 19.3. The average molecular weight is 510 g/mol. The molecule has 8 nitrogen and oxygen atoms in total. The standard InChI is InChI=1S/C17H13ClF4N3O5S.Al/c1-4-5-14(26)25(31(3,29)30)11-7-12(10(19)6-9(11)18)24-15(27)8-13(17(20,21)22)23(2)16(24)28;/h5-8H,1-3H3;. The lowest BCUT2D eigenvalue weighted by molar-refractivity contribution is -0.144. The van der Waals surface area contributed by atoms with Crippen molar-refractivity contribution in [2.75, 3.05) is 10.6 Å². The zero-order chi connectivity index (χ0) is 24.8. The zero-order valence-electron chi connectivity index (χ0n) is 16.6. The fraction of sp³-hybridized carbons (Fsp3) is 0.235. The van der Waals surface area contributed by atoms with E-state index in [2.05, 4.69) is 16.3 Å². The molecule has 1 heterocycles. The first-order valence-corrected chi connectivity index (χ1v) is 11.1. The number of alkyl halides is 3. The number of carbonyl (C=O) groups excluding carboxylic acids is 1. The Bertz CT molecular complexity index is 1360. The Labute approximate surface area is 191 Å². The van der Waals surface area contributed by atoms with Gasteiger partial charge < -0.3 is 0 Å². The minimum Gasteiger partial charge on any atom is -0.292 e. The summed E-state index contributed by atoms with van der Waals surface area (Å²) in [7, 11) is -3.63. The number of hydrogen-bond donors (Lipinski definition) is 0. The van der Waals surface area contributed by atoms with Crippen molar-refractivity contribution < 1.29 is 30.8 Å². The quantitative estimate of drug-likeness (QED) is 0.355. The molecule has 32 heavy (non-hydrogen) atoms. The smallest absolute Gasteiger partial charge is 0.292 e. The molecule has 0 aliphatic heterocycles. The summed E-state index contributed by atoms with van der Waals surface area (Å²) in [5.74, 6) is -2.43. The minimum atomic E-state index is -5.04. The highest BCUT2D eigenvalue weighted by molar-refractivity contribution is 7.92. The number of allylic oxidation sites excluding steroid dienone is 1. The molecule has 0 fully saturated rings. The summed E-state index contributed by atoms with van der Waals surface area (Å²) in [6, 6.07) is 1.21. The van der Waals surface area contributed by atoms with Crippen LogP contribution in [0, 0.1) is 5.82 Å². The van der Waals surface area contributed by atoms with Gasteiger partial charge in [0.25, 0.3) is 11.5 Å². The maximum Gasteiger partial charge on any atom is 0.431 e. The second-order valence-corrected chi connectivity index (χ2v) is 9.70. The molecule has 0 N–H and O–H groups in total. The number of sulfonamides is 1. The van der Waals surface area contributed by atoms with Crippen LogP contribution >= 0.6 is 11.6 Å². The van der Waals surface area contributed by atoms with Crippen LogP contribution in [-0.2, 0) is 28.0 Å². The molecule has 1 aromatic heterocycles. The summed E-state index contributed by atoms with van der Waals surface area (Å²) in [6.45, 7) is 1.46. The number of nitrogens with zero attached hydrogens (tertiary/aromatic N) is 3. The number of halogens is 5. The summed E-state index contributed by atoms with van der Waals surface area (Å²) in [5, 5.41) is -0.573. The van der Waals surface area contributed by atoms with E-state index >= 15 is 0 Å². The molecule has 15 heteroatoms. The number of amides is 1. The van der Waals surface area contributed by atoms with E-state index < -0.39 is 61.3 Å². The Hall–Kier alpha value is -2.40. The van der Waals surface area contributed by atoms with E-state index in [1.807, 2.05) is 0 Å². The van der Waals surface area contributed by atoms with E-state index in [4.69, 9.17) is 11.6 Å². The highest BCUT2D eigenvalue weighted by Crippen LogP contribution is 2.32. The highest BCUT2D eigenvalue weighted by atomic mass is 35.5. The first kappa shape index (κ1) is 25.9. The van der Waals surface area contributed by atoms with Gasteiger partial charge in [-0.15, -0.1) is 0 Å². The van der Waals surface area contributed by atoms with E-state index in [1.165, 1.54) is 6.92 Å². The van der Waals surface area contributed by atoms with Gasteiger partial charge in [-0.25, -0.2) is 26.5 Å². The molecular weight excluding hydrogens is 497 g/mol. The van der Waals surface area contributed by atoms with Gasteiger partial charge in [0.2, 0.25) is 10.0 Å². The third kappa shape index (κ3) is 5.15. The largest absolute Gasteiger partial charge is 0.431 e. The molecule has 0 aliphatic carbocycles. The lowest BCUT2D eigenvalue weighted by Crippen LogP contribution is -2.41. The number of anilines is 1. The normalized spacial score (nSPS) is 12.7. The van der Waals surface area contributed by atoms with E-state index in [1.54, 1.807) is 0 Å². The third-order valence-electron chi connectivity index (χ3n) is 3.97. The van der Waals surface area contributed by atoms with Crippen molar-refractivity contribution in [3.63, 3.8) is 0 Å². The molecule has 1 amide bonds. The van der Waals surface area contributed by atoms with Crippen LogP contribution < -0.4 is 15.6 Å². The first-order valence-electron chi connectivity index (χ1n) is 8.34. The van der Waals surface area contributed by atoms with Crippen LogP contribution in [0.3, 0.4) is 0 Å². The van der Waals surface area contributed by atoms with Crippen molar-refractivity contribution in [2.24, 2.45) is 7.05 Å². The van der Waals surface area contributed by atoms with E-state index in [9.17, 15) is 40.4 Å². The molecule has 2 radical (unpaired) electrons. The SMILES string of the molecule is C/[C]([Al])=C\C(=O)N(c1cc(-n2c(=O)cc(C(F)(F)F)n(C)c2=O)c(F)cc1Cl)S(C)(=O)=O. The lowest BCUT2D eigenvalue weighted by Gasteiger charge is -2.22. The number of rotatable bonds is 4. The summed E-state index contributed by atoms with van der Waals surface area (Å²) in [4.78, 5) is 37.2. The maximum absolute atomic E-state index is 14.6. The van der Waals surface area contributed by atoms with Crippen LogP contribution in [0.4, 0.5) is 23.2 Å². The number of benzene rings is 1. The van der Waals surface area contributed by atoms with Gasteiger partial charge in [-0.05, 0) is 18.2 Å². The molecule has 0 aliphatic rings. The van der Waals surface area contributed by atoms with E-state index in [0.29, 0.717) is 29.9 Å². The van der Waals surface area contributed by atoms with Gasteiger partial charge >= 0.3 is 11.9 Å². The van der Waals surface area contributed by atoms with Gasteiger partial charge in [0, 0.05) is 13.1 Å². The molecule has 0 atom stereocenters. The first-order chi connectivity index (χ1) is 14.5. The van der Waals surface area contributed by atoms with Gasteiger partial charge in [0.15, 0.2) is 16.3 Å². The molecule has 0 saturated carbocycles. The molecule has 0 unspecified atom stereocenters. The molecule has 170 valence electrons. The summed E-state index contributed by atoms with van der Waals surface area (Å²) in [5.41, 5.74) is -6.20. The summed E-state index contributed by atoms with van der Waals surface area (Å²) < 4.78 is 78.9. The molecule has 0 saturated heterocycles. The van der Waals surface area contributed by atoms with Crippen LogP contribution in [0.2, 0.25) is 5.02 Å². The summed E-state index contributed by atoms with van der Waals surface area (Å²) >= 11 is 8.07. The third-order valence-corrected chi connectivity index (χ3v) is 5.48. The van der Waals surface area contributed by atoms with Crippen LogP contribution in [0.1, 0.15) is 12.6 Å². The van der Waals surface area contributed by atoms with Crippen molar-refractivity contribution in [2.45, 2.75) is 13.1 Å². The number of aromatic nitrogens is 2. The fourth-order valence-corrected chi connectivity index (χ4v) is 4.00. The molecular formula is C17H13AlClF4N3O5S. The Kier molecular flexibility index (Phi) is 7.16. The molecule has 0 bridgehead atoms. The van der Waals surface area contributed by atoms with Crippen LogP contribution in [0.15, 0.2) is 38.3 Å². The molecule has 2 aromatic rings. The van der Waals surface area contributed by atoms with Crippen molar-refractivity contribution in [1.29, 1.82) is 0 Å². The van der Waals surface area contributed by atoms with Gasteiger partial charge in [-0.3, -0.25) is 14.2 Å². The minimum absolute atomic E-state index is 0.0616. The predicted octanol–water partition coefficient (Wildman–Crippen LogP) is 1.71. The van der Waals surface area contributed by atoms with Crippen molar-refractivity contribution in [1.82, 2.24) is 9.13 Å². The van der Waals surface area contributed by atoms with Crippen molar-refractivity contribution >= 4 is 49.5 Å². The Morgan fingerprint density at radius 1 is 1.22 bits per heavy atom. The molecule has 1 aromatic carbocycles. The van der Waals surface area contributed by atoms with Crippen molar-refractivity contribution in [3.8, 4) is 5.69 Å². The molecule has 2 rings (SSSR count). The highest BCUT2D eigenvalue weighted by Gasteiger charge is 2.35. The van der Waals surface area contributed by atoms with E-state index in [-0.39, 0.29) is 19.5 Å². The van der Waals surface area contributed by atoms with Gasteiger partial charge in [0.05, 0.1) is 22.7 Å². The van der Waals surface area contributed by atoms with Gasteiger partial charge in [-0.1, -0.05) is 18.5 Å². The Morgan fingerprint density at radius 2 is 1.78 bits per heavy atom. The monoisotopic (exact) mass is 509 g/mol. The second-order valence-electron chi connectivity index (χ2n) is 6.55.